The van der Waals surface area contributed by atoms with Crippen molar-refractivity contribution in [1.29, 1.82) is 0 Å². The number of aliphatic imine (C=N–C) groups is 2. The first kappa shape index (κ1) is 24.1. The molecule has 0 saturated heterocycles. The van der Waals surface area contributed by atoms with Gasteiger partial charge < -0.3 is 14.9 Å². The predicted molar refractivity (Wildman–Crippen MR) is 144 cm³/mol. The average molecular weight is 483 g/mol. The molecule has 1 aliphatic carbocycles. The summed E-state index contributed by atoms with van der Waals surface area (Å²) < 4.78 is 6.75. The molecule has 5 heteroatoms. The third-order valence-electron chi connectivity index (χ3n) is 7.77. The number of nitrogens with zero attached hydrogens (tertiary/aromatic N) is 2. The summed E-state index contributed by atoms with van der Waals surface area (Å²) in [4.78, 5) is 10.2. The highest BCUT2D eigenvalue weighted by molar-refractivity contribution is 5.84. The predicted octanol–water partition coefficient (Wildman–Crippen LogP) is 6.93. The van der Waals surface area contributed by atoms with Crippen molar-refractivity contribution in [2.45, 2.75) is 51.8 Å². The van der Waals surface area contributed by atoms with Gasteiger partial charge in [0, 0.05) is 41.5 Å². The Hall–Kier alpha value is -3.60. The summed E-state index contributed by atoms with van der Waals surface area (Å²) in [5.74, 6) is 1.68. The highest BCUT2D eigenvalue weighted by Gasteiger charge is 2.54. The molecule has 4 atom stereocenters. The second-order valence-electron chi connectivity index (χ2n) is 11.0. The summed E-state index contributed by atoms with van der Waals surface area (Å²) >= 11 is 0. The zero-order chi connectivity index (χ0) is 25.3. The summed E-state index contributed by atoms with van der Waals surface area (Å²) in [6, 6.07) is 22.4. The van der Waals surface area contributed by atoms with Gasteiger partial charge >= 0.3 is 0 Å². The number of rotatable bonds is 4. The third-order valence-corrected chi connectivity index (χ3v) is 7.77. The Labute approximate surface area is 213 Å². The first-order chi connectivity index (χ1) is 17.3. The van der Waals surface area contributed by atoms with Crippen molar-refractivity contribution in [2.75, 3.05) is 0 Å². The highest BCUT2D eigenvalue weighted by atomic mass is 16.5. The maximum atomic E-state index is 10.3. The third kappa shape index (κ3) is 4.62. The van der Waals surface area contributed by atoms with Crippen LogP contribution >= 0.6 is 0 Å². The highest BCUT2D eigenvalue weighted by Crippen LogP contribution is 2.56. The number of fused-ring (bicyclic) bond motifs is 2. The van der Waals surface area contributed by atoms with Crippen LogP contribution in [0.4, 0.5) is 0 Å². The van der Waals surface area contributed by atoms with Crippen LogP contribution in [0.25, 0.3) is 0 Å². The van der Waals surface area contributed by atoms with Gasteiger partial charge in [0.1, 0.15) is 17.2 Å². The quantitative estimate of drug-likeness (QED) is 0.396. The normalized spacial score (nSPS) is 25.9. The van der Waals surface area contributed by atoms with Crippen molar-refractivity contribution in [2.24, 2.45) is 27.2 Å². The van der Waals surface area contributed by atoms with Crippen molar-refractivity contribution < 1.29 is 14.9 Å². The molecule has 1 aliphatic heterocycles. The van der Waals surface area contributed by atoms with Crippen molar-refractivity contribution in [1.82, 2.24) is 0 Å². The van der Waals surface area contributed by atoms with Gasteiger partial charge in [-0.05, 0) is 54.5 Å². The molecule has 3 aromatic carbocycles. The van der Waals surface area contributed by atoms with Gasteiger partial charge in [0.25, 0.3) is 0 Å². The maximum Gasteiger partial charge on any atom is 0.205 e. The Bertz CT molecular complexity index is 1290. The number of para-hydroxylation sites is 3. The van der Waals surface area contributed by atoms with E-state index in [1.165, 1.54) is 0 Å². The monoisotopic (exact) mass is 482 g/mol. The Morgan fingerprint density at radius 3 is 2.14 bits per heavy atom. The molecule has 0 spiro atoms. The summed E-state index contributed by atoms with van der Waals surface area (Å²) in [5.41, 5.74) is 1.75. The fourth-order valence-electron chi connectivity index (χ4n) is 5.59. The lowest BCUT2D eigenvalue weighted by Crippen LogP contribution is -2.52. The first-order valence-electron chi connectivity index (χ1n) is 12.7. The largest absolute Gasteiger partial charge is 0.507 e. The van der Waals surface area contributed by atoms with E-state index in [2.05, 4.69) is 26.8 Å². The molecule has 0 amide bonds. The van der Waals surface area contributed by atoms with E-state index in [9.17, 15) is 10.2 Å². The number of hydrogen-bond donors (Lipinski definition) is 2. The van der Waals surface area contributed by atoms with Gasteiger partial charge in [-0.2, -0.15) is 0 Å². The number of phenolic OH excluding ortho intramolecular Hbond substituents is 2. The molecule has 1 heterocycles. The van der Waals surface area contributed by atoms with E-state index in [1.54, 1.807) is 30.6 Å². The Balaban J connectivity index is 1.62. The van der Waals surface area contributed by atoms with E-state index >= 15 is 0 Å². The van der Waals surface area contributed by atoms with Gasteiger partial charge in [-0.3, -0.25) is 4.99 Å². The van der Waals surface area contributed by atoms with Gasteiger partial charge in [-0.15, -0.1) is 0 Å². The van der Waals surface area contributed by atoms with E-state index in [-0.39, 0.29) is 28.9 Å². The lowest BCUT2D eigenvalue weighted by Gasteiger charge is -2.51. The van der Waals surface area contributed by atoms with E-state index in [0.717, 1.165) is 30.6 Å². The number of phenols is 2. The van der Waals surface area contributed by atoms with Crippen LogP contribution in [0.1, 0.15) is 62.8 Å². The second kappa shape index (κ2) is 9.45. The zero-order valence-corrected chi connectivity index (χ0v) is 21.1. The Morgan fingerprint density at radius 2 is 1.47 bits per heavy atom. The van der Waals surface area contributed by atoms with Gasteiger partial charge in [-0.25, -0.2) is 4.99 Å². The number of ether oxygens (including phenoxy) is 1. The van der Waals surface area contributed by atoms with Crippen LogP contribution in [0.2, 0.25) is 0 Å². The molecule has 5 rings (SSSR count). The van der Waals surface area contributed by atoms with Crippen LogP contribution in [-0.2, 0) is 0 Å². The Kier molecular flexibility index (Phi) is 6.33. The van der Waals surface area contributed by atoms with Crippen molar-refractivity contribution in [3.63, 3.8) is 0 Å². The molecule has 3 aromatic rings. The second-order valence-corrected chi connectivity index (χ2v) is 11.0. The van der Waals surface area contributed by atoms with Gasteiger partial charge in [0.15, 0.2) is 0 Å². The van der Waals surface area contributed by atoms with Crippen LogP contribution < -0.4 is 4.74 Å². The lowest BCUT2D eigenvalue weighted by atomic mass is 9.63. The standard InChI is InChI=1S/C31H34N2O3/c1-30(2,3)23-16-17-31(33-20-22-11-5-8-14-27(22)35)25(18-23)29(24-12-6-9-15-28(24)36-31)32-19-21-10-4-7-13-26(21)34/h4-15,19-20,23,25,29,34-35H,16-18H2,1-3H3/t23-,25-,29-,31+/m1/s1. The first-order valence-corrected chi connectivity index (χ1v) is 12.7. The van der Waals surface area contributed by atoms with Gasteiger partial charge in [0.05, 0.1) is 6.04 Å². The molecule has 5 nitrogen and oxygen atoms in total. The summed E-state index contributed by atoms with van der Waals surface area (Å²) in [7, 11) is 0. The van der Waals surface area contributed by atoms with Crippen molar-refractivity contribution in [3.05, 3.63) is 89.5 Å². The van der Waals surface area contributed by atoms with E-state index in [1.807, 2.05) is 48.5 Å². The molecule has 2 N–H and O–H groups in total. The van der Waals surface area contributed by atoms with E-state index in [4.69, 9.17) is 14.7 Å². The molecule has 1 fully saturated rings. The topological polar surface area (TPSA) is 74.4 Å². The number of benzene rings is 3. The molecular formula is C31H34N2O3. The van der Waals surface area contributed by atoms with Crippen LogP contribution in [0.3, 0.4) is 0 Å². The van der Waals surface area contributed by atoms with Crippen LogP contribution in [0.5, 0.6) is 17.2 Å². The van der Waals surface area contributed by atoms with Crippen molar-refractivity contribution >= 4 is 12.4 Å². The SMILES string of the molecule is CC(C)(C)[C@@H]1CC[C@]2(N=Cc3ccccc3O)Oc3ccccc3[C@@H](N=Cc3ccccc3O)[C@H]2C1. The minimum atomic E-state index is -0.793. The molecule has 0 radical (unpaired) electrons. The van der Waals surface area contributed by atoms with Gasteiger partial charge in [-0.1, -0.05) is 63.2 Å². The minimum absolute atomic E-state index is 0.00501. The molecule has 0 unspecified atom stereocenters. The average Bonchev–Trinajstić information content (AvgIpc) is 2.86. The number of aromatic hydroxyl groups is 2. The fourth-order valence-corrected chi connectivity index (χ4v) is 5.59. The minimum Gasteiger partial charge on any atom is -0.507 e. The summed E-state index contributed by atoms with van der Waals surface area (Å²) in [6.45, 7) is 6.90. The van der Waals surface area contributed by atoms with Crippen molar-refractivity contribution in [3.8, 4) is 17.2 Å². The van der Waals surface area contributed by atoms with Crippen LogP contribution in [0.15, 0.2) is 82.8 Å². The molecule has 2 aliphatic rings. The smallest absolute Gasteiger partial charge is 0.205 e. The molecular weight excluding hydrogens is 448 g/mol. The summed E-state index contributed by atoms with van der Waals surface area (Å²) in [6.07, 6.45) is 6.20. The fraction of sp³-hybridized carbons (Fsp3) is 0.355. The maximum absolute atomic E-state index is 10.3. The molecule has 0 bridgehead atoms. The lowest BCUT2D eigenvalue weighted by molar-refractivity contribution is -0.0717. The molecule has 186 valence electrons. The van der Waals surface area contributed by atoms with Gasteiger partial charge in [0.2, 0.25) is 5.72 Å². The van der Waals surface area contributed by atoms with E-state index < -0.39 is 5.72 Å². The van der Waals surface area contributed by atoms with Crippen LogP contribution in [0, 0.1) is 17.3 Å². The molecule has 36 heavy (non-hydrogen) atoms. The molecule has 1 saturated carbocycles. The van der Waals surface area contributed by atoms with Crippen LogP contribution in [-0.4, -0.2) is 28.4 Å². The Morgan fingerprint density at radius 1 is 0.861 bits per heavy atom. The number of hydrogen-bond acceptors (Lipinski definition) is 5. The zero-order valence-electron chi connectivity index (χ0n) is 21.1. The summed E-state index contributed by atoms with van der Waals surface area (Å²) in [5, 5.41) is 20.7. The van der Waals surface area contributed by atoms with E-state index in [0.29, 0.717) is 17.0 Å². The molecule has 0 aromatic heterocycles.